The van der Waals surface area contributed by atoms with E-state index in [9.17, 15) is 4.79 Å². The lowest BCUT2D eigenvalue weighted by molar-refractivity contribution is 0.0599. The molecule has 1 aromatic carbocycles. The van der Waals surface area contributed by atoms with Crippen molar-refractivity contribution >= 4 is 5.97 Å². The minimum Gasteiger partial charge on any atom is -0.481 e. The van der Waals surface area contributed by atoms with Crippen LogP contribution in [0.5, 0.6) is 5.75 Å². The standard InChI is InChI=1S/C12H12O3/c1-4-7-15-10-6-5-9(2)11(8-10)12(13)14-3/h1,5-6,8H,7H2,2-3H3. The predicted molar refractivity (Wildman–Crippen MR) is 56.8 cm³/mol. The fraction of sp³-hybridized carbons (Fsp3) is 0.250. The summed E-state index contributed by atoms with van der Waals surface area (Å²) in [6.07, 6.45) is 5.06. The lowest BCUT2D eigenvalue weighted by atomic mass is 10.1. The summed E-state index contributed by atoms with van der Waals surface area (Å²) < 4.78 is 9.84. The fourth-order valence-corrected chi connectivity index (χ4v) is 1.15. The summed E-state index contributed by atoms with van der Waals surface area (Å²) in [5.74, 6) is 2.55. The summed E-state index contributed by atoms with van der Waals surface area (Å²) in [6, 6.07) is 5.18. The number of aryl methyl sites for hydroxylation is 1. The van der Waals surface area contributed by atoms with Crippen molar-refractivity contribution in [3.8, 4) is 18.1 Å². The molecule has 0 heterocycles. The summed E-state index contributed by atoms with van der Waals surface area (Å²) in [7, 11) is 1.34. The highest BCUT2D eigenvalue weighted by Gasteiger charge is 2.09. The van der Waals surface area contributed by atoms with Crippen LogP contribution in [0.4, 0.5) is 0 Å². The van der Waals surface area contributed by atoms with Gasteiger partial charge in [0.1, 0.15) is 12.4 Å². The Kier molecular flexibility index (Phi) is 3.75. The molecule has 78 valence electrons. The van der Waals surface area contributed by atoms with Crippen LogP contribution in [0.25, 0.3) is 0 Å². The second-order valence-electron chi connectivity index (χ2n) is 2.96. The molecule has 15 heavy (non-hydrogen) atoms. The SMILES string of the molecule is C#CCOc1ccc(C)c(C(=O)OC)c1. The van der Waals surface area contributed by atoms with E-state index in [1.165, 1.54) is 7.11 Å². The zero-order valence-electron chi connectivity index (χ0n) is 8.74. The average molecular weight is 204 g/mol. The molecule has 0 saturated carbocycles. The number of hydrogen-bond acceptors (Lipinski definition) is 3. The molecular formula is C12H12O3. The maximum atomic E-state index is 11.3. The fourth-order valence-electron chi connectivity index (χ4n) is 1.15. The first-order chi connectivity index (χ1) is 7.19. The van der Waals surface area contributed by atoms with E-state index in [2.05, 4.69) is 10.7 Å². The molecule has 0 aromatic heterocycles. The highest BCUT2D eigenvalue weighted by molar-refractivity contribution is 5.91. The van der Waals surface area contributed by atoms with Crippen molar-refractivity contribution in [2.24, 2.45) is 0 Å². The van der Waals surface area contributed by atoms with Crippen LogP contribution in [0, 0.1) is 19.3 Å². The van der Waals surface area contributed by atoms with Gasteiger partial charge in [0.25, 0.3) is 0 Å². The Bertz CT molecular complexity index is 402. The van der Waals surface area contributed by atoms with E-state index in [1.807, 2.05) is 6.92 Å². The Morgan fingerprint density at radius 2 is 2.27 bits per heavy atom. The second-order valence-corrected chi connectivity index (χ2v) is 2.96. The van der Waals surface area contributed by atoms with Crippen LogP contribution < -0.4 is 4.74 Å². The maximum Gasteiger partial charge on any atom is 0.338 e. The minimum atomic E-state index is -0.376. The Balaban J connectivity index is 2.96. The first-order valence-corrected chi connectivity index (χ1v) is 4.44. The Hall–Kier alpha value is -1.95. The number of ether oxygens (including phenoxy) is 2. The predicted octanol–water partition coefficient (Wildman–Crippen LogP) is 1.79. The molecule has 0 bridgehead atoms. The van der Waals surface area contributed by atoms with Crippen LogP contribution >= 0.6 is 0 Å². The van der Waals surface area contributed by atoms with E-state index in [0.717, 1.165) is 5.56 Å². The van der Waals surface area contributed by atoms with Gasteiger partial charge in [-0.3, -0.25) is 0 Å². The molecule has 0 amide bonds. The molecule has 0 unspecified atom stereocenters. The molecule has 0 radical (unpaired) electrons. The monoisotopic (exact) mass is 204 g/mol. The number of carbonyl (C=O) groups is 1. The minimum absolute atomic E-state index is 0.184. The zero-order chi connectivity index (χ0) is 11.3. The first kappa shape index (κ1) is 11.1. The summed E-state index contributed by atoms with van der Waals surface area (Å²) in [5.41, 5.74) is 1.34. The van der Waals surface area contributed by atoms with Crippen molar-refractivity contribution in [3.63, 3.8) is 0 Å². The molecule has 0 atom stereocenters. The molecular weight excluding hydrogens is 192 g/mol. The van der Waals surface area contributed by atoms with E-state index < -0.39 is 0 Å². The van der Waals surface area contributed by atoms with Crippen LogP contribution in [-0.4, -0.2) is 19.7 Å². The molecule has 0 aliphatic rings. The van der Waals surface area contributed by atoms with Crippen LogP contribution in [0.3, 0.4) is 0 Å². The van der Waals surface area contributed by atoms with Crippen molar-refractivity contribution in [1.82, 2.24) is 0 Å². The largest absolute Gasteiger partial charge is 0.481 e. The lowest BCUT2D eigenvalue weighted by Gasteiger charge is -2.07. The van der Waals surface area contributed by atoms with Gasteiger partial charge >= 0.3 is 5.97 Å². The van der Waals surface area contributed by atoms with Gasteiger partial charge in [0, 0.05) is 0 Å². The highest BCUT2D eigenvalue weighted by atomic mass is 16.5. The van der Waals surface area contributed by atoms with Gasteiger partial charge in [0.2, 0.25) is 0 Å². The van der Waals surface area contributed by atoms with Gasteiger partial charge in [-0.2, -0.15) is 0 Å². The first-order valence-electron chi connectivity index (χ1n) is 4.44. The van der Waals surface area contributed by atoms with Gasteiger partial charge < -0.3 is 9.47 Å². The van der Waals surface area contributed by atoms with Gasteiger partial charge in [-0.1, -0.05) is 12.0 Å². The van der Waals surface area contributed by atoms with Gasteiger partial charge in [-0.05, 0) is 24.6 Å². The molecule has 3 nitrogen and oxygen atoms in total. The number of esters is 1. The quantitative estimate of drug-likeness (QED) is 0.556. The van der Waals surface area contributed by atoms with Crippen molar-refractivity contribution in [3.05, 3.63) is 29.3 Å². The normalized spacial score (nSPS) is 9.13. The molecule has 0 aliphatic carbocycles. The molecule has 0 spiro atoms. The lowest BCUT2D eigenvalue weighted by Crippen LogP contribution is -2.04. The smallest absolute Gasteiger partial charge is 0.338 e. The van der Waals surface area contributed by atoms with Gasteiger partial charge in [0.15, 0.2) is 0 Å². The molecule has 0 aliphatic heterocycles. The van der Waals surface area contributed by atoms with Crippen molar-refractivity contribution in [2.75, 3.05) is 13.7 Å². The van der Waals surface area contributed by atoms with E-state index in [1.54, 1.807) is 18.2 Å². The molecule has 1 rings (SSSR count). The van der Waals surface area contributed by atoms with Crippen LogP contribution in [0.15, 0.2) is 18.2 Å². The van der Waals surface area contributed by atoms with E-state index in [4.69, 9.17) is 11.2 Å². The van der Waals surface area contributed by atoms with Crippen molar-refractivity contribution < 1.29 is 14.3 Å². The Morgan fingerprint density at radius 1 is 1.53 bits per heavy atom. The third-order valence-corrected chi connectivity index (χ3v) is 1.94. The van der Waals surface area contributed by atoms with E-state index in [-0.39, 0.29) is 12.6 Å². The third kappa shape index (κ3) is 2.75. The Labute approximate surface area is 89.0 Å². The van der Waals surface area contributed by atoms with Crippen molar-refractivity contribution in [1.29, 1.82) is 0 Å². The summed E-state index contributed by atoms with van der Waals surface area (Å²) in [4.78, 5) is 11.3. The number of methoxy groups -OCH3 is 1. The number of rotatable bonds is 3. The second kappa shape index (κ2) is 5.06. The van der Waals surface area contributed by atoms with Gasteiger partial charge in [-0.25, -0.2) is 4.79 Å². The van der Waals surface area contributed by atoms with Crippen LogP contribution in [0.2, 0.25) is 0 Å². The van der Waals surface area contributed by atoms with Crippen molar-refractivity contribution in [2.45, 2.75) is 6.92 Å². The van der Waals surface area contributed by atoms with Crippen LogP contribution in [0.1, 0.15) is 15.9 Å². The topological polar surface area (TPSA) is 35.5 Å². The number of carbonyl (C=O) groups excluding carboxylic acids is 1. The molecule has 0 fully saturated rings. The van der Waals surface area contributed by atoms with Crippen LogP contribution in [-0.2, 0) is 4.74 Å². The Morgan fingerprint density at radius 3 is 2.87 bits per heavy atom. The molecule has 3 heteroatoms. The number of benzene rings is 1. The zero-order valence-corrected chi connectivity index (χ0v) is 8.74. The summed E-state index contributed by atoms with van der Waals surface area (Å²) >= 11 is 0. The summed E-state index contributed by atoms with van der Waals surface area (Å²) in [6.45, 7) is 2.01. The molecule has 0 N–H and O–H groups in total. The molecule has 0 saturated heterocycles. The van der Waals surface area contributed by atoms with Gasteiger partial charge in [-0.15, -0.1) is 6.42 Å². The molecule has 1 aromatic rings. The number of terminal acetylenes is 1. The number of hydrogen-bond donors (Lipinski definition) is 0. The third-order valence-electron chi connectivity index (χ3n) is 1.94. The maximum absolute atomic E-state index is 11.3. The average Bonchev–Trinajstić information content (AvgIpc) is 2.27. The van der Waals surface area contributed by atoms with E-state index >= 15 is 0 Å². The summed E-state index contributed by atoms with van der Waals surface area (Å²) in [5, 5.41) is 0. The van der Waals surface area contributed by atoms with Gasteiger partial charge in [0.05, 0.1) is 12.7 Å². The highest BCUT2D eigenvalue weighted by Crippen LogP contribution is 2.18. The van der Waals surface area contributed by atoms with E-state index in [0.29, 0.717) is 11.3 Å².